The first-order chi connectivity index (χ1) is 13.3. The van der Waals surface area contributed by atoms with Gasteiger partial charge in [0.15, 0.2) is 6.61 Å². The molecule has 0 aliphatic carbocycles. The van der Waals surface area contributed by atoms with Gasteiger partial charge in [-0.1, -0.05) is 38.1 Å². The molecule has 2 aromatic rings. The topological polar surface area (TPSA) is 102 Å². The maximum Gasteiger partial charge on any atom is 0.338 e. The first-order valence-corrected chi connectivity index (χ1v) is 10.4. The Bertz CT molecular complexity index is 957. The van der Waals surface area contributed by atoms with Crippen LogP contribution in [-0.2, 0) is 19.6 Å². The Morgan fingerprint density at radius 1 is 1.11 bits per heavy atom. The highest BCUT2D eigenvalue weighted by molar-refractivity contribution is 7.89. The molecule has 0 aromatic heterocycles. The van der Waals surface area contributed by atoms with Gasteiger partial charge in [0.2, 0.25) is 10.0 Å². The number of hydrogen-bond donors (Lipinski definition) is 2. The van der Waals surface area contributed by atoms with E-state index >= 15 is 0 Å². The molecule has 2 N–H and O–H groups in total. The molecule has 0 fully saturated rings. The number of hydrogen-bond acceptors (Lipinski definition) is 5. The molecule has 0 unspecified atom stereocenters. The summed E-state index contributed by atoms with van der Waals surface area (Å²) in [7, 11) is -2.40. The van der Waals surface area contributed by atoms with Crippen LogP contribution in [0.5, 0.6) is 0 Å². The van der Waals surface area contributed by atoms with Crippen LogP contribution < -0.4 is 10.0 Å². The quantitative estimate of drug-likeness (QED) is 0.659. The van der Waals surface area contributed by atoms with E-state index in [-0.39, 0.29) is 16.4 Å². The largest absolute Gasteiger partial charge is 0.452 e. The average Bonchev–Trinajstić information content (AvgIpc) is 2.71. The lowest BCUT2D eigenvalue weighted by Gasteiger charge is -2.15. The number of carbonyl (C=O) groups excluding carboxylic acids is 2. The number of esters is 1. The molecule has 0 saturated carbocycles. The van der Waals surface area contributed by atoms with Crippen molar-refractivity contribution < 1.29 is 22.7 Å². The molecule has 150 valence electrons. The first-order valence-electron chi connectivity index (χ1n) is 8.88. The van der Waals surface area contributed by atoms with Crippen molar-refractivity contribution in [2.45, 2.75) is 31.1 Å². The number of ether oxygens (including phenoxy) is 1. The molecule has 2 aromatic carbocycles. The van der Waals surface area contributed by atoms with Crippen LogP contribution in [0, 0.1) is 0 Å². The van der Waals surface area contributed by atoms with Crippen molar-refractivity contribution in [3.05, 3.63) is 59.7 Å². The van der Waals surface area contributed by atoms with Crippen molar-refractivity contribution in [3.63, 3.8) is 0 Å². The van der Waals surface area contributed by atoms with Crippen LogP contribution in [0.4, 0.5) is 5.69 Å². The maximum atomic E-state index is 12.2. The van der Waals surface area contributed by atoms with Gasteiger partial charge < -0.3 is 10.1 Å². The first kappa shape index (κ1) is 21.6. The third kappa shape index (κ3) is 5.40. The molecule has 0 bridgehead atoms. The van der Waals surface area contributed by atoms with Gasteiger partial charge in [0.1, 0.15) is 0 Å². The summed E-state index contributed by atoms with van der Waals surface area (Å²) in [5.41, 5.74) is 1.73. The molecule has 1 atom stereocenters. The Labute approximate surface area is 165 Å². The van der Waals surface area contributed by atoms with Crippen molar-refractivity contribution in [2.24, 2.45) is 0 Å². The van der Waals surface area contributed by atoms with Crippen molar-refractivity contribution in [1.29, 1.82) is 0 Å². The second-order valence-corrected chi connectivity index (χ2v) is 8.14. The highest BCUT2D eigenvalue weighted by Gasteiger charge is 2.17. The number of benzene rings is 2. The van der Waals surface area contributed by atoms with E-state index in [1.165, 1.54) is 31.3 Å². The van der Waals surface area contributed by atoms with Crippen molar-refractivity contribution in [3.8, 4) is 0 Å². The minimum absolute atomic E-state index is 0.0455. The molecule has 1 amide bonds. The molecule has 0 radical (unpaired) electrons. The summed E-state index contributed by atoms with van der Waals surface area (Å²) in [5, 5.41) is 2.76. The molecular weight excluding hydrogens is 380 g/mol. The Kier molecular flexibility index (Phi) is 7.31. The summed E-state index contributed by atoms with van der Waals surface area (Å²) in [5.74, 6) is -0.975. The Balaban J connectivity index is 2.02. The van der Waals surface area contributed by atoms with Gasteiger partial charge in [-0.3, -0.25) is 4.79 Å². The zero-order valence-corrected chi connectivity index (χ0v) is 16.9. The highest BCUT2D eigenvalue weighted by atomic mass is 32.2. The second-order valence-electron chi connectivity index (χ2n) is 6.26. The molecule has 0 aliphatic heterocycles. The van der Waals surface area contributed by atoms with Crippen molar-refractivity contribution >= 4 is 27.6 Å². The van der Waals surface area contributed by atoms with Gasteiger partial charge in [0, 0.05) is 5.69 Å². The maximum absolute atomic E-state index is 12.2. The number of anilines is 1. The number of amides is 1. The zero-order chi connectivity index (χ0) is 20.7. The minimum atomic E-state index is -3.68. The van der Waals surface area contributed by atoms with E-state index in [1.807, 2.05) is 18.2 Å². The van der Waals surface area contributed by atoms with Crippen LogP contribution in [-0.4, -0.2) is 33.9 Å². The monoisotopic (exact) mass is 404 g/mol. The third-order valence-electron chi connectivity index (χ3n) is 4.36. The number of rotatable bonds is 8. The van der Waals surface area contributed by atoms with Crippen molar-refractivity contribution in [2.75, 3.05) is 19.0 Å². The van der Waals surface area contributed by atoms with E-state index in [0.29, 0.717) is 5.69 Å². The average molecular weight is 404 g/mol. The predicted octanol–water partition coefficient (Wildman–Crippen LogP) is 2.90. The summed E-state index contributed by atoms with van der Waals surface area (Å²) in [6.07, 6.45) is 0.924. The molecular formula is C20H24N2O5S. The molecule has 0 heterocycles. The van der Waals surface area contributed by atoms with E-state index in [0.717, 1.165) is 12.0 Å². The highest BCUT2D eigenvalue weighted by Crippen LogP contribution is 2.26. The molecule has 28 heavy (non-hydrogen) atoms. The van der Waals surface area contributed by atoms with Crippen LogP contribution in [0.2, 0.25) is 0 Å². The van der Waals surface area contributed by atoms with E-state index in [2.05, 4.69) is 23.9 Å². The zero-order valence-electron chi connectivity index (χ0n) is 16.1. The van der Waals surface area contributed by atoms with Crippen LogP contribution in [0.3, 0.4) is 0 Å². The fourth-order valence-corrected chi connectivity index (χ4v) is 3.34. The van der Waals surface area contributed by atoms with Crippen LogP contribution in [0.25, 0.3) is 0 Å². The van der Waals surface area contributed by atoms with E-state index in [1.54, 1.807) is 6.07 Å². The fraction of sp³-hybridized carbons (Fsp3) is 0.300. The van der Waals surface area contributed by atoms with Gasteiger partial charge in [0.25, 0.3) is 5.91 Å². The van der Waals surface area contributed by atoms with Crippen LogP contribution >= 0.6 is 0 Å². The SMILES string of the molecule is CC[C@@H](C)c1ccccc1NC(=O)COC(=O)c1cccc(S(=O)(=O)NC)c1. The summed E-state index contributed by atoms with van der Waals surface area (Å²) in [4.78, 5) is 24.3. The summed E-state index contributed by atoms with van der Waals surface area (Å²) < 4.78 is 30.9. The lowest BCUT2D eigenvalue weighted by molar-refractivity contribution is -0.119. The number of para-hydroxylation sites is 1. The van der Waals surface area contributed by atoms with Crippen LogP contribution in [0.15, 0.2) is 53.4 Å². The summed E-state index contributed by atoms with van der Waals surface area (Å²) >= 11 is 0. The van der Waals surface area contributed by atoms with E-state index in [9.17, 15) is 18.0 Å². The number of nitrogens with one attached hydrogen (secondary N) is 2. The molecule has 0 saturated heterocycles. The van der Waals surface area contributed by atoms with Gasteiger partial charge in [-0.15, -0.1) is 0 Å². The lowest BCUT2D eigenvalue weighted by Crippen LogP contribution is -2.22. The normalized spacial score (nSPS) is 12.2. The van der Waals surface area contributed by atoms with E-state index < -0.39 is 28.5 Å². The fourth-order valence-electron chi connectivity index (χ4n) is 2.57. The lowest BCUT2D eigenvalue weighted by atomic mass is 9.97. The minimum Gasteiger partial charge on any atom is -0.452 e. The molecule has 0 aliphatic rings. The molecule has 0 spiro atoms. The summed E-state index contributed by atoms with van der Waals surface area (Å²) in [6.45, 7) is 3.65. The third-order valence-corrected chi connectivity index (χ3v) is 5.77. The summed E-state index contributed by atoms with van der Waals surface area (Å²) in [6, 6.07) is 12.9. The standard InChI is InChI=1S/C20H24N2O5S/c1-4-14(2)17-10-5-6-11-18(17)22-19(23)13-27-20(24)15-8-7-9-16(12-15)28(25,26)21-3/h5-12,14,21H,4,13H2,1-3H3,(H,22,23)/t14-/m1/s1. The van der Waals surface area contributed by atoms with E-state index in [4.69, 9.17) is 4.74 Å². The predicted molar refractivity (Wildman–Crippen MR) is 107 cm³/mol. The number of sulfonamides is 1. The second kappa shape index (κ2) is 9.48. The number of carbonyl (C=O) groups is 2. The van der Waals surface area contributed by atoms with Gasteiger partial charge >= 0.3 is 5.97 Å². The van der Waals surface area contributed by atoms with Gasteiger partial charge in [0.05, 0.1) is 10.5 Å². The Morgan fingerprint density at radius 3 is 2.50 bits per heavy atom. The van der Waals surface area contributed by atoms with Crippen molar-refractivity contribution in [1.82, 2.24) is 4.72 Å². The molecule has 7 nitrogen and oxygen atoms in total. The van der Waals surface area contributed by atoms with Gasteiger partial charge in [-0.25, -0.2) is 17.9 Å². The molecule has 2 rings (SSSR count). The Morgan fingerprint density at radius 2 is 1.82 bits per heavy atom. The molecule has 8 heteroatoms. The van der Waals surface area contributed by atoms with Crippen LogP contribution in [0.1, 0.15) is 42.1 Å². The van der Waals surface area contributed by atoms with Gasteiger partial charge in [-0.2, -0.15) is 0 Å². The smallest absolute Gasteiger partial charge is 0.338 e. The Hall–Kier alpha value is -2.71. The van der Waals surface area contributed by atoms with Gasteiger partial charge in [-0.05, 0) is 49.2 Å².